The normalized spacial score (nSPS) is 11.3. The van der Waals surface area contributed by atoms with Crippen LogP contribution in [0.15, 0.2) is 18.3 Å². The van der Waals surface area contributed by atoms with Crippen LogP contribution in [0.1, 0.15) is 0 Å². The third-order valence-electron chi connectivity index (χ3n) is 2.72. The summed E-state index contributed by atoms with van der Waals surface area (Å²) in [6.07, 6.45) is 1.61. The maximum atomic E-state index is 10.7. The highest BCUT2D eigenvalue weighted by atomic mass is 16.6. The zero-order valence-electron chi connectivity index (χ0n) is 10.3. The van der Waals surface area contributed by atoms with Crippen molar-refractivity contribution in [2.75, 3.05) is 26.4 Å². The summed E-state index contributed by atoms with van der Waals surface area (Å²) in [5, 5.41) is 15.6. The van der Waals surface area contributed by atoms with E-state index in [9.17, 15) is 10.1 Å². The Balaban J connectivity index is 2.43. The van der Waals surface area contributed by atoms with Gasteiger partial charge in [0.2, 0.25) is 0 Å². The highest BCUT2D eigenvalue weighted by Crippen LogP contribution is 2.26. The SMILES string of the molecule is CN(C)CCn1ncc2cc([N+](=O)[O-])cc(N)c21. The molecule has 0 aliphatic heterocycles. The summed E-state index contributed by atoms with van der Waals surface area (Å²) in [5.41, 5.74) is 7.00. The van der Waals surface area contributed by atoms with E-state index in [1.165, 1.54) is 12.1 Å². The van der Waals surface area contributed by atoms with E-state index in [1.54, 1.807) is 10.9 Å². The number of non-ortho nitro benzene ring substituents is 1. The lowest BCUT2D eigenvalue weighted by Gasteiger charge is -2.10. The number of anilines is 1. The average molecular weight is 249 g/mol. The minimum atomic E-state index is -0.451. The molecule has 2 rings (SSSR count). The minimum absolute atomic E-state index is 0.00726. The molecule has 0 radical (unpaired) electrons. The first-order chi connectivity index (χ1) is 8.49. The summed E-state index contributed by atoms with van der Waals surface area (Å²) in [4.78, 5) is 12.3. The summed E-state index contributed by atoms with van der Waals surface area (Å²) >= 11 is 0. The number of nitro groups is 1. The largest absolute Gasteiger partial charge is 0.397 e. The highest BCUT2D eigenvalue weighted by Gasteiger charge is 2.13. The molecule has 1 aromatic heterocycles. The number of rotatable bonds is 4. The zero-order chi connectivity index (χ0) is 13.3. The van der Waals surface area contributed by atoms with Crippen LogP contribution in [0.4, 0.5) is 11.4 Å². The molecule has 0 fully saturated rings. The van der Waals surface area contributed by atoms with Crippen molar-refractivity contribution in [3.8, 4) is 0 Å². The fourth-order valence-corrected chi connectivity index (χ4v) is 1.82. The van der Waals surface area contributed by atoms with Crippen LogP contribution in [0.5, 0.6) is 0 Å². The molecule has 0 bridgehead atoms. The lowest BCUT2D eigenvalue weighted by atomic mass is 10.2. The molecule has 2 aromatic rings. The number of nitrogens with zero attached hydrogens (tertiary/aromatic N) is 4. The number of aromatic nitrogens is 2. The molecule has 0 atom stereocenters. The lowest BCUT2D eigenvalue weighted by molar-refractivity contribution is -0.384. The van der Waals surface area contributed by atoms with Gasteiger partial charge in [-0.15, -0.1) is 0 Å². The average Bonchev–Trinajstić information content (AvgIpc) is 2.69. The van der Waals surface area contributed by atoms with Crippen molar-refractivity contribution in [2.45, 2.75) is 6.54 Å². The standard InChI is InChI=1S/C11H15N5O2/c1-14(2)3-4-15-11-8(7-13-15)5-9(16(17)18)6-10(11)12/h5-7H,3-4,12H2,1-2H3. The number of nitrogens with two attached hydrogens (primary N) is 1. The molecule has 96 valence electrons. The smallest absolute Gasteiger partial charge is 0.272 e. The van der Waals surface area contributed by atoms with E-state index in [-0.39, 0.29) is 5.69 Å². The minimum Gasteiger partial charge on any atom is -0.397 e. The number of nitro benzene ring substituents is 1. The van der Waals surface area contributed by atoms with Crippen LogP contribution >= 0.6 is 0 Å². The van der Waals surface area contributed by atoms with Crippen LogP contribution in [0.2, 0.25) is 0 Å². The topological polar surface area (TPSA) is 90.2 Å². The van der Waals surface area contributed by atoms with Crippen molar-refractivity contribution in [2.24, 2.45) is 0 Å². The molecule has 1 heterocycles. The second kappa shape index (κ2) is 4.61. The van der Waals surface area contributed by atoms with Crippen molar-refractivity contribution in [1.82, 2.24) is 14.7 Å². The maximum Gasteiger partial charge on any atom is 0.272 e. The predicted octanol–water partition coefficient (Wildman–Crippen LogP) is 1.09. The van der Waals surface area contributed by atoms with Crippen LogP contribution < -0.4 is 5.73 Å². The molecule has 2 N–H and O–H groups in total. The molecule has 0 spiro atoms. The van der Waals surface area contributed by atoms with E-state index in [4.69, 9.17) is 5.73 Å². The predicted molar refractivity (Wildman–Crippen MR) is 69.4 cm³/mol. The third-order valence-corrected chi connectivity index (χ3v) is 2.72. The number of nitrogen functional groups attached to an aromatic ring is 1. The van der Waals surface area contributed by atoms with Crippen molar-refractivity contribution in [3.05, 3.63) is 28.4 Å². The molecule has 0 saturated carbocycles. The van der Waals surface area contributed by atoms with E-state index in [0.717, 1.165) is 12.1 Å². The van der Waals surface area contributed by atoms with Gasteiger partial charge >= 0.3 is 0 Å². The first-order valence-electron chi connectivity index (χ1n) is 5.53. The second-order valence-corrected chi connectivity index (χ2v) is 4.40. The lowest BCUT2D eigenvalue weighted by Crippen LogP contribution is -2.19. The number of likely N-dealkylation sites (N-methyl/N-ethyl adjacent to an activating group) is 1. The Bertz CT molecular complexity index is 590. The van der Waals surface area contributed by atoms with Crippen molar-refractivity contribution >= 4 is 22.3 Å². The summed E-state index contributed by atoms with van der Waals surface area (Å²) in [6.45, 7) is 1.52. The Labute approximate surface area is 104 Å². The van der Waals surface area contributed by atoms with Crippen LogP contribution in [0.25, 0.3) is 10.9 Å². The van der Waals surface area contributed by atoms with Crippen molar-refractivity contribution < 1.29 is 4.92 Å². The molecular formula is C11H15N5O2. The molecule has 0 unspecified atom stereocenters. The molecule has 18 heavy (non-hydrogen) atoms. The van der Waals surface area contributed by atoms with E-state index in [2.05, 4.69) is 5.10 Å². The van der Waals surface area contributed by atoms with Gasteiger partial charge in [0.05, 0.1) is 28.9 Å². The van der Waals surface area contributed by atoms with Gasteiger partial charge < -0.3 is 10.6 Å². The van der Waals surface area contributed by atoms with Gasteiger partial charge in [0.1, 0.15) is 0 Å². The van der Waals surface area contributed by atoms with E-state index >= 15 is 0 Å². The van der Waals surface area contributed by atoms with Gasteiger partial charge in [0.25, 0.3) is 5.69 Å². The van der Waals surface area contributed by atoms with Crippen molar-refractivity contribution in [1.29, 1.82) is 0 Å². The summed E-state index contributed by atoms with van der Waals surface area (Å²) in [5.74, 6) is 0. The van der Waals surface area contributed by atoms with Gasteiger partial charge in [-0.05, 0) is 14.1 Å². The number of fused-ring (bicyclic) bond motifs is 1. The van der Waals surface area contributed by atoms with Gasteiger partial charge in [0.15, 0.2) is 0 Å². The van der Waals surface area contributed by atoms with E-state index < -0.39 is 4.92 Å². The number of benzene rings is 1. The molecule has 0 saturated heterocycles. The molecule has 7 nitrogen and oxygen atoms in total. The fourth-order valence-electron chi connectivity index (χ4n) is 1.82. The second-order valence-electron chi connectivity index (χ2n) is 4.40. The van der Waals surface area contributed by atoms with Crippen LogP contribution in [-0.2, 0) is 6.54 Å². The molecule has 0 aliphatic carbocycles. The van der Waals surface area contributed by atoms with Gasteiger partial charge in [0, 0.05) is 24.1 Å². The maximum absolute atomic E-state index is 10.7. The first kappa shape index (κ1) is 12.3. The third kappa shape index (κ3) is 2.25. The highest BCUT2D eigenvalue weighted by molar-refractivity contribution is 5.91. The van der Waals surface area contributed by atoms with Crippen LogP contribution in [0, 0.1) is 10.1 Å². The van der Waals surface area contributed by atoms with E-state index in [1.807, 2.05) is 19.0 Å². The molecule has 7 heteroatoms. The van der Waals surface area contributed by atoms with Crippen LogP contribution in [-0.4, -0.2) is 40.2 Å². The van der Waals surface area contributed by atoms with Gasteiger partial charge in [-0.25, -0.2) is 0 Å². The Hall–Kier alpha value is -2.15. The molecule has 0 aliphatic rings. The summed E-state index contributed by atoms with van der Waals surface area (Å²) in [6, 6.07) is 2.86. The Morgan fingerprint density at radius 3 is 2.83 bits per heavy atom. The monoisotopic (exact) mass is 249 g/mol. The Kier molecular flexibility index (Phi) is 3.15. The number of hydrogen-bond acceptors (Lipinski definition) is 5. The Morgan fingerprint density at radius 1 is 1.50 bits per heavy atom. The van der Waals surface area contributed by atoms with Gasteiger partial charge in [-0.3, -0.25) is 14.8 Å². The van der Waals surface area contributed by atoms with Gasteiger partial charge in [-0.2, -0.15) is 5.10 Å². The van der Waals surface area contributed by atoms with Crippen molar-refractivity contribution in [3.63, 3.8) is 0 Å². The van der Waals surface area contributed by atoms with E-state index in [0.29, 0.717) is 17.6 Å². The molecular weight excluding hydrogens is 234 g/mol. The first-order valence-corrected chi connectivity index (χ1v) is 5.53. The van der Waals surface area contributed by atoms with Gasteiger partial charge in [-0.1, -0.05) is 0 Å². The number of hydrogen-bond donors (Lipinski definition) is 1. The van der Waals surface area contributed by atoms with Crippen LogP contribution in [0.3, 0.4) is 0 Å². The summed E-state index contributed by atoms with van der Waals surface area (Å²) in [7, 11) is 3.94. The Morgan fingerprint density at radius 2 is 2.22 bits per heavy atom. The quantitative estimate of drug-likeness (QED) is 0.497. The fraction of sp³-hybridized carbons (Fsp3) is 0.364. The zero-order valence-corrected chi connectivity index (χ0v) is 10.3. The molecule has 0 amide bonds. The molecule has 1 aromatic carbocycles. The summed E-state index contributed by atoms with van der Waals surface area (Å²) < 4.78 is 1.77.